The van der Waals surface area contributed by atoms with Gasteiger partial charge in [-0.1, -0.05) is 26.8 Å². The Hall–Kier alpha value is -4.92. The van der Waals surface area contributed by atoms with Crippen molar-refractivity contribution >= 4 is 44.3 Å². The van der Waals surface area contributed by atoms with E-state index in [4.69, 9.17) is 14.2 Å². The molecular formula is C37H46N6O8S. The lowest BCUT2D eigenvalue weighted by molar-refractivity contribution is -0.141. The number of hydrogen-bond acceptors (Lipinski definition) is 11. The van der Waals surface area contributed by atoms with Crippen molar-refractivity contribution in [2.75, 3.05) is 26.1 Å². The summed E-state index contributed by atoms with van der Waals surface area (Å²) in [4.78, 5) is 55.3. The van der Waals surface area contributed by atoms with Crippen LogP contribution in [-0.2, 0) is 19.6 Å². The molecule has 4 amide bonds. The Bertz CT molecular complexity index is 1980. The monoisotopic (exact) mass is 734 g/mol. The predicted molar refractivity (Wildman–Crippen MR) is 195 cm³/mol. The van der Waals surface area contributed by atoms with Crippen molar-refractivity contribution in [3.05, 3.63) is 61.4 Å². The number of carbonyl (C=O) groups excluding carboxylic acids is 3. The molecule has 3 aromatic rings. The quantitative estimate of drug-likeness (QED) is 0.251. The number of ether oxygens (including phenoxy) is 3. The zero-order chi connectivity index (χ0) is 37.6. The van der Waals surface area contributed by atoms with Gasteiger partial charge in [-0.3, -0.25) is 14.3 Å². The lowest BCUT2D eigenvalue weighted by Crippen LogP contribution is -2.64. The Labute approximate surface area is 304 Å². The number of nitrogens with zero attached hydrogens (tertiary/aromatic N) is 4. The molecule has 3 fully saturated rings. The smallest absolute Gasteiger partial charge is 0.328 e. The zero-order valence-corrected chi connectivity index (χ0v) is 31.1. The number of urea groups is 1. The molecule has 1 saturated heterocycles. The standard InChI is InChI=1S/C37H46N6O8S/c1-8-24-19-37(24,34(45)41-52(47,48)28-11-12-28)43(33(44)31(36(3,4)5)40-25-9-14-30(50-7)39-20-25)35(46)42-21-27(17-22(42)2)51-32-29-13-10-26(49-6)18-23(29)15-16-38-32/h8-10,13-16,18,20,22,24,27-28,31,40H,1,11-12,17,19,21H2,2-7H3,(H,41,45)/t22?,24-,27-,31+,37-/m1/s1. The number of rotatable bonds is 12. The number of fused-ring (bicyclic) bond motifs is 1. The number of methoxy groups -OCH3 is 2. The van der Waals surface area contributed by atoms with Crippen LogP contribution in [-0.4, -0.2) is 95.8 Å². The summed E-state index contributed by atoms with van der Waals surface area (Å²) in [6.45, 7) is 11.3. The number of pyridine rings is 2. The van der Waals surface area contributed by atoms with Crippen LogP contribution in [0.4, 0.5) is 10.5 Å². The SMILES string of the molecule is C=C[C@@H]1C[C@@]1(C(=O)NS(=O)(=O)C1CC1)N(C(=O)[C@H](Nc1ccc(OC)nc1)C(C)(C)C)C(=O)N1C[C@H](Oc2nccc3cc(OC)ccc23)CC1C. The van der Waals surface area contributed by atoms with E-state index in [0.29, 0.717) is 42.5 Å². The van der Waals surface area contributed by atoms with Crippen LogP contribution >= 0.6 is 0 Å². The molecule has 2 N–H and O–H groups in total. The Morgan fingerprint density at radius 1 is 1.10 bits per heavy atom. The molecule has 0 radical (unpaired) electrons. The minimum absolute atomic E-state index is 0.0203. The first kappa shape index (κ1) is 36.9. The van der Waals surface area contributed by atoms with Gasteiger partial charge in [-0.15, -0.1) is 6.58 Å². The second-order valence-corrected chi connectivity index (χ2v) is 16.8. The number of hydrogen-bond donors (Lipinski definition) is 2. The number of likely N-dealkylation sites (tertiary alicyclic amines) is 1. The molecule has 6 rings (SSSR count). The number of benzene rings is 1. The van der Waals surface area contributed by atoms with Crippen LogP contribution in [0, 0.1) is 11.3 Å². The molecule has 0 bridgehead atoms. The van der Waals surface area contributed by atoms with Gasteiger partial charge in [0.2, 0.25) is 21.8 Å². The van der Waals surface area contributed by atoms with Gasteiger partial charge in [0.1, 0.15) is 23.4 Å². The normalized spacial score (nSPS) is 23.3. The van der Waals surface area contributed by atoms with Crippen LogP contribution in [0.2, 0.25) is 0 Å². The van der Waals surface area contributed by atoms with E-state index in [-0.39, 0.29) is 13.0 Å². The molecule has 5 atom stereocenters. The molecule has 278 valence electrons. The first-order valence-electron chi connectivity index (χ1n) is 17.3. The summed E-state index contributed by atoms with van der Waals surface area (Å²) in [5.74, 6) is -0.858. The van der Waals surface area contributed by atoms with E-state index < -0.39 is 68.2 Å². The Morgan fingerprint density at radius 2 is 1.85 bits per heavy atom. The Balaban J connectivity index is 1.35. The topological polar surface area (TPSA) is 169 Å². The van der Waals surface area contributed by atoms with Gasteiger partial charge in [0.05, 0.1) is 37.9 Å². The van der Waals surface area contributed by atoms with Gasteiger partial charge in [0.25, 0.3) is 11.8 Å². The van der Waals surface area contributed by atoms with Crippen molar-refractivity contribution < 1.29 is 37.0 Å². The molecule has 3 heterocycles. The highest BCUT2D eigenvalue weighted by Gasteiger charge is 2.68. The van der Waals surface area contributed by atoms with E-state index in [1.165, 1.54) is 24.3 Å². The highest BCUT2D eigenvalue weighted by atomic mass is 32.2. The van der Waals surface area contributed by atoms with Crippen molar-refractivity contribution in [3.63, 3.8) is 0 Å². The summed E-state index contributed by atoms with van der Waals surface area (Å²) in [6, 6.07) is 8.53. The highest BCUT2D eigenvalue weighted by Crippen LogP contribution is 2.51. The van der Waals surface area contributed by atoms with Crippen LogP contribution in [0.3, 0.4) is 0 Å². The average Bonchev–Trinajstić information content (AvgIpc) is 4.04. The van der Waals surface area contributed by atoms with Crippen molar-refractivity contribution in [2.45, 2.75) is 82.4 Å². The third kappa shape index (κ3) is 7.10. The van der Waals surface area contributed by atoms with Crippen molar-refractivity contribution in [3.8, 4) is 17.5 Å². The summed E-state index contributed by atoms with van der Waals surface area (Å²) >= 11 is 0. The summed E-state index contributed by atoms with van der Waals surface area (Å²) in [6.07, 6.45) is 5.44. The van der Waals surface area contributed by atoms with Crippen LogP contribution in [0.1, 0.15) is 53.4 Å². The van der Waals surface area contributed by atoms with Gasteiger partial charge in [-0.05, 0) is 67.3 Å². The molecule has 0 spiro atoms. The van der Waals surface area contributed by atoms with E-state index in [0.717, 1.165) is 15.7 Å². The minimum atomic E-state index is -4.01. The number of carbonyl (C=O) groups is 3. The molecule has 2 saturated carbocycles. The number of sulfonamides is 1. The van der Waals surface area contributed by atoms with Crippen molar-refractivity contribution in [1.29, 1.82) is 0 Å². The second-order valence-electron chi connectivity index (χ2n) is 14.8. The molecule has 14 nitrogen and oxygen atoms in total. The lowest BCUT2D eigenvalue weighted by atomic mass is 9.85. The fourth-order valence-corrected chi connectivity index (χ4v) is 8.17. The second kappa shape index (κ2) is 13.9. The fraction of sp³-hybridized carbons (Fsp3) is 0.486. The van der Waals surface area contributed by atoms with E-state index in [9.17, 15) is 18.0 Å². The third-order valence-electron chi connectivity index (χ3n) is 10.0. The zero-order valence-electron chi connectivity index (χ0n) is 30.3. The molecular weight excluding hydrogens is 689 g/mol. The van der Waals surface area contributed by atoms with Gasteiger partial charge >= 0.3 is 6.03 Å². The van der Waals surface area contributed by atoms with E-state index in [1.807, 2.05) is 52.0 Å². The molecule has 1 unspecified atom stereocenters. The Kier molecular flexibility index (Phi) is 9.85. The van der Waals surface area contributed by atoms with Gasteiger partial charge < -0.3 is 24.4 Å². The third-order valence-corrected chi connectivity index (χ3v) is 11.9. The summed E-state index contributed by atoms with van der Waals surface area (Å²) < 4.78 is 45.3. The molecule has 1 aromatic carbocycles. The van der Waals surface area contributed by atoms with Crippen molar-refractivity contribution in [1.82, 2.24) is 24.5 Å². The maximum atomic E-state index is 15.0. The summed E-state index contributed by atoms with van der Waals surface area (Å²) in [5, 5.41) is 4.17. The first-order chi connectivity index (χ1) is 24.6. The first-order valence-corrected chi connectivity index (χ1v) is 18.9. The number of imide groups is 1. The summed E-state index contributed by atoms with van der Waals surface area (Å²) in [5.41, 5.74) is -2.14. The van der Waals surface area contributed by atoms with E-state index in [1.54, 1.807) is 25.4 Å². The average molecular weight is 735 g/mol. The highest BCUT2D eigenvalue weighted by molar-refractivity contribution is 7.91. The number of anilines is 1. The molecule has 2 aliphatic carbocycles. The number of amides is 4. The minimum Gasteiger partial charge on any atom is -0.497 e. The molecule has 52 heavy (non-hydrogen) atoms. The molecule has 3 aliphatic rings. The van der Waals surface area contributed by atoms with Crippen LogP contribution < -0.4 is 24.2 Å². The van der Waals surface area contributed by atoms with Crippen LogP contribution in [0.15, 0.2) is 61.4 Å². The van der Waals surface area contributed by atoms with Gasteiger partial charge in [-0.25, -0.2) is 28.1 Å². The number of nitrogens with one attached hydrogen (secondary N) is 2. The molecule has 2 aromatic heterocycles. The molecule has 1 aliphatic heterocycles. The fourth-order valence-electron chi connectivity index (χ4n) is 6.82. The predicted octanol–water partition coefficient (Wildman–Crippen LogP) is 4.52. The van der Waals surface area contributed by atoms with E-state index in [2.05, 4.69) is 26.6 Å². The van der Waals surface area contributed by atoms with Gasteiger partial charge in [0, 0.05) is 36.0 Å². The lowest BCUT2D eigenvalue weighted by Gasteiger charge is -2.40. The summed E-state index contributed by atoms with van der Waals surface area (Å²) in [7, 11) is -0.930. The van der Waals surface area contributed by atoms with Crippen LogP contribution in [0.5, 0.6) is 17.5 Å². The largest absolute Gasteiger partial charge is 0.497 e. The Morgan fingerprint density at radius 3 is 2.44 bits per heavy atom. The maximum absolute atomic E-state index is 15.0. The van der Waals surface area contributed by atoms with Crippen molar-refractivity contribution in [2.24, 2.45) is 11.3 Å². The van der Waals surface area contributed by atoms with E-state index >= 15 is 4.79 Å². The van der Waals surface area contributed by atoms with Gasteiger partial charge in [0.15, 0.2) is 0 Å². The van der Waals surface area contributed by atoms with Gasteiger partial charge in [-0.2, -0.15) is 0 Å². The van der Waals surface area contributed by atoms with Crippen LogP contribution in [0.25, 0.3) is 10.8 Å². The number of aromatic nitrogens is 2. The maximum Gasteiger partial charge on any atom is 0.328 e. The molecule has 15 heteroatoms.